The van der Waals surface area contributed by atoms with Gasteiger partial charge in [-0.3, -0.25) is 9.13 Å². The first kappa shape index (κ1) is 57.2. The average Bonchev–Trinajstić information content (AvgIpc) is 1.49. The highest BCUT2D eigenvalue weighted by Crippen LogP contribution is 2.54. The van der Waals surface area contributed by atoms with Crippen molar-refractivity contribution in [1.82, 2.24) is 38.2 Å². The maximum Gasteiger partial charge on any atom is 0.235 e. The summed E-state index contributed by atoms with van der Waals surface area (Å²) in [4.78, 5) is 22.5. The molecule has 10 heteroatoms. The van der Waals surface area contributed by atoms with Crippen molar-refractivity contribution in [2.75, 3.05) is 0 Å². The molecular weight excluding hydrogens is 1300 g/mol. The Balaban J connectivity index is 0.658. The molecule has 16 aromatic carbocycles. The number of nitrogens with zero attached hydrogens (tertiary/aromatic N) is 8. The Hall–Kier alpha value is -14.5. The topological polar surface area (TPSA) is 89.7 Å². The van der Waals surface area contributed by atoms with Crippen LogP contribution in [0.15, 0.2) is 328 Å². The molecular formula is C96H54N8O2. The van der Waals surface area contributed by atoms with Crippen molar-refractivity contribution in [1.29, 1.82) is 0 Å². The van der Waals surface area contributed by atoms with Crippen LogP contribution in [0, 0.1) is 0 Å². The number of hydrogen-bond acceptors (Lipinski definition) is 6. The van der Waals surface area contributed by atoms with E-state index >= 15 is 0 Å². The lowest BCUT2D eigenvalue weighted by Gasteiger charge is -2.25. The second-order valence-electron chi connectivity index (χ2n) is 27.9. The zero-order valence-electron chi connectivity index (χ0n) is 56.6. The van der Waals surface area contributed by atoms with Crippen LogP contribution in [-0.2, 0) is 0 Å². The molecule has 0 unspecified atom stereocenters. The fraction of sp³-hybridized carbons (Fsp3) is 0. The van der Waals surface area contributed by atoms with Gasteiger partial charge in [-0.15, -0.1) is 0 Å². The predicted molar refractivity (Wildman–Crippen MR) is 432 cm³/mol. The van der Waals surface area contributed by atoms with E-state index in [1.807, 2.05) is 24.3 Å². The molecule has 0 bridgehead atoms. The van der Waals surface area contributed by atoms with Crippen LogP contribution in [0.4, 0.5) is 0 Å². The number of hydrogen-bond donors (Lipinski definition) is 0. The van der Waals surface area contributed by atoms with E-state index in [0.717, 1.165) is 155 Å². The molecule has 0 spiro atoms. The zero-order valence-corrected chi connectivity index (χ0v) is 56.6. The van der Waals surface area contributed by atoms with Crippen LogP contribution in [0.25, 0.3) is 210 Å². The van der Waals surface area contributed by atoms with Crippen molar-refractivity contribution in [3.8, 4) is 102 Å². The van der Waals surface area contributed by atoms with Crippen LogP contribution in [0.2, 0.25) is 0 Å². The number of rotatable bonds is 7. The van der Waals surface area contributed by atoms with Gasteiger partial charge in [0.25, 0.3) is 0 Å². The van der Waals surface area contributed by atoms with E-state index in [1.165, 1.54) is 48.9 Å². The number of aromatic nitrogens is 8. The third-order valence-electron chi connectivity index (χ3n) is 22.4. The fourth-order valence-corrected chi connectivity index (χ4v) is 17.8. The number of benzene rings is 16. The van der Waals surface area contributed by atoms with Crippen LogP contribution in [0.5, 0.6) is 23.0 Å². The lowest BCUT2D eigenvalue weighted by molar-refractivity contribution is 0.485. The van der Waals surface area contributed by atoms with Crippen molar-refractivity contribution in [3.05, 3.63) is 328 Å². The number of fused-ring (bicyclic) bond motifs is 20. The van der Waals surface area contributed by atoms with Crippen molar-refractivity contribution < 1.29 is 9.47 Å². The molecule has 0 saturated heterocycles. The Labute approximate surface area is 604 Å². The molecule has 2 aliphatic heterocycles. The van der Waals surface area contributed by atoms with E-state index in [-0.39, 0.29) is 0 Å². The zero-order chi connectivity index (χ0) is 69.0. The van der Waals surface area contributed by atoms with Gasteiger partial charge in [-0.05, 0) is 154 Å². The molecule has 0 radical (unpaired) electrons. The first-order valence-electron chi connectivity index (χ1n) is 35.9. The third kappa shape index (κ3) is 7.98. The lowest BCUT2D eigenvalue weighted by atomic mass is 9.94. The van der Waals surface area contributed by atoms with Gasteiger partial charge in [0.2, 0.25) is 11.9 Å². The van der Waals surface area contributed by atoms with E-state index < -0.39 is 0 Å². The molecule has 8 heterocycles. The molecule has 2 aliphatic rings. The van der Waals surface area contributed by atoms with Crippen LogP contribution in [0.1, 0.15) is 0 Å². The first-order chi connectivity index (χ1) is 52.6. The van der Waals surface area contributed by atoms with E-state index in [1.54, 1.807) is 0 Å². The van der Waals surface area contributed by atoms with E-state index in [9.17, 15) is 0 Å². The van der Waals surface area contributed by atoms with Gasteiger partial charge in [0.05, 0.1) is 77.3 Å². The van der Waals surface area contributed by atoms with Gasteiger partial charge in [-0.25, -0.2) is 19.9 Å². The molecule has 0 aliphatic carbocycles. The molecule has 0 amide bonds. The van der Waals surface area contributed by atoms with Crippen molar-refractivity contribution in [2.45, 2.75) is 0 Å². The monoisotopic (exact) mass is 1350 g/mol. The highest BCUT2D eigenvalue weighted by Gasteiger charge is 2.31. The summed E-state index contributed by atoms with van der Waals surface area (Å²) in [5.74, 6) is 3.86. The van der Waals surface area contributed by atoms with Crippen LogP contribution >= 0.6 is 0 Å². The van der Waals surface area contributed by atoms with Gasteiger partial charge in [0.15, 0.2) is 0 Å². The molecule has 24 rings (SSSR count). The molecule has 6 aromatic heterocycles. The molecule has 22 aromatic rings. The number of ether oxygens (including phenoxy) is 2. The van der Waals surface area contributed by atoms with Gasteiger partial charge in [0.1, 0.15) is 23.0 Å². The van der Waals surface area contributed by atoms with Gasteiger partial charge < -0.3 is 18.6 Å². The summed E-state index contributed by atoms with van der Waals surface area (Å²) in [7, 11) is 0. The summed E-state index contributed by atoms with van der Waals surface area (Å²) in [5, 5.41) is 15.6. The molecule has 490 valence electrons. The molecule has 0 atom stereocenters. The number of para-hydroxylation sites is 8. The SMILES string of the molecule is c1ccc(-n2c3ccccc3c3cc(-c4cccc5c4ccc4c6ccccc6n(-c6nc7c8c(cc(-c9cccc%10c9Oc9cccc%11nc(-n%12c%13ccccc%13c%13cc(-c%14cccc%15c%14ccc%14c%16ccccc%16n(-c%16ccccc%16)c%15%14)ccc%13%12)nc-%10c9%11)cc8n6)Oc6ccccc6-7)c54)ccc32)cc1. The summed E-state index contributed by atoms with van der Waals surface area (Å²) in [6.07, 6.45) is 0. The van der Waals surface area contributed by atoms with Crippen LogP contribution < -0.4 is 9.47 Å². The highest BCUT2D eigenvalue weighted by molar-refractivity contribution is 6.23. The summed E-state index contributed by atoms with van der Waals surface area (Å²) in [5.41, 5.74) is 22.2. The van der Waals surface area contributed by atoms with E-state index in [4.69, 9.17) is 29.4 Å². The molecule has 0 N–H and O–H groups in total. The maximum absolute atomic E-state index is 7.19. The minimum absolute atomic E-state index is 0.553. The standard InChI is InChI=1S/C96H54N8O2/c1-3-21-58(22-4-1)101-79-37-12-9-27-67(79)75-51-55(43-49-83(75)101)61-31-18-34-70-64(61)46-48-72-66-26-8-15-40-82(66)104(93(70)72)96-98-78-53-57(54-87-89(78)90(99-96)73-29-11-16-41-85(73)105-87)62-32-19-35-74-91-88-77(36-20-42-86(88)106-94(62)74)97-95(100-91)103-81-39-14-10-28-68(81)76-52-56(44-50-84(76)103)60-30-17-33-69-63(60)45-47-71-65-25-7-13-38-80(65)102(92(69)71)59-23-5-2-6-24-59/h1-54H. The lowest BCUT2D eigenvalue weighted by Crippen LogP contribution is -2.08. The maximum atomic E-state index is 7.19. The summed E-state index contributed by atoms with van der Waals surface area (Å²) >= 11 is 0. The smallest absolute Gasteiger partial charge is 0.235 e. The predicted octanol–water partition coefficient (Wildman–Crippen LogP) is 24.8. The molecule has 106 heavy (non-hydrogen) atoms. The highest BCUT2D eigenvalue weighted by atomic mass is 16.5. The van der Waals surface area contributed by atoms with Crippen LogP contribution in [0.3, 0.4) is 0 Å². The normalized spacial score (nSPS) is 12.5. The van der Waals surface area contributed by atoms with Gasteiger partial charge >= 0.3 is 0 Å². The summed E-state index contributed by atoms with van der Waals surface area (Å²) in [6, 6.07) is 117. The molecule has 0 fully saturated rings. The Kier molecular flexibility index (Phi) is 11.6. The second kappa shape index (κ2) is 21.5. The average molecular weight is 1350 g/mol. The second-order valence-corrected chi connectivity index (χ2v) is 27.9. The Bertz CT molecular complexity index is 7650. The fourth-order valence-electron chi connectivity index (χ4n) is 17.8. The van der Waals surface area contributed by atoms with Crippen molar-refractivity contribution >= 4 is 131 Å². The summed E-state index contributed by atoms with van der Waals surface area (Å²) in [6.45, 7) is 0. The quantitative estimate of drug-likeness (QED) is 0.158. The van der Waals surface area contributed by atoms with E-state index in [2.05, 4.69) is 322 Å². The molecule has 0 saturated carbocycles. The first-order valence-corrected chi connectivity index (χ1v) is 35.9. The Morgan fingerprint density at radius 1 is 0.217 bits per heavy atom. The minimum atomic E-state index is 0.553. The third-order valence-corrected chi connectivity index (χ3v) is 22.4. The largest absolute Gasteiger partial charge is 0.456 e. The van der Waals surface area contributed by atoms with Gasteiger partial charge in [-0.1, -0.05) is 212 Å². The Morgan fingerprint density at radius 3 is 1.30 bits per heavy atom. The van der Waals surface area contributed by atoms with Gasteiger partial charge in [0, 0.05) is 81.9 Å². The molecule has 10 nitrogen and oxygen atoms in total. The van der Waals surface area contributed by atoms with E-state index in [0.29, 0.717) is 29.1 Å². The minimum Gasteiger partial charge on any atom is -0.456 e. The van der Waals surface area contributed by atoms with Gasteiger partial charge in [-0.2, -0.15) is 0 Å². The van der Waals surface area contributed by atoms with Crippen LogP contribution in [-0.4, -0.2) is 38.2 Å². The summed E-state index contributed by atoms with van der Waals surface area (Å²) < 4.78 is 23.5. The van der Waals surface area contributed by atoms with Crippen molar-refractivity contribution in [2.24, 2.45) is 0 Å². The Morgan fingerprint density at radius 2 is 0.642 bits per heavy atom. The van der Waals surface area contributed by atoms with Crippen molar-refractivity contribution in [3.63, 3.8) is 0 Å².